The Labute approximate surface area is 146 Å². The zero-order valence-corrected chi connectivity index (χ0v) is 14.4. The monoisotopic (exact) mass is 368 g/mol. The molecule has 0 saturated carbocycles. The van der Waals surface area contributed by atoms with Crippen molar-refractivity contribution < 1.29 is 22.7 Å². The average Bonchev–Trinajstić information content (AvgIpc) is 2.49. The van der Waals surface area contributed by atoms with Gasteiger partial charge in [-0.1, -0.05) is 31.9 Å². The average molecular weight is 369 g/mol. The number of ether oxygens (including phenoxy) is 1. The molecule has 0 aliphatic heterocycles. The second kappa shape index (κ2) is 11.1. The smallest absolute Gasteiger partial charge is 0.406 e. The molecule has 0 radical (unpaired) electrons. The van der Waals surface area contributed by atoms with Gasteiger partial charge in [0.25, 0.3) is 0 Å². The van der Waals surface area contributed by atoms with Gasteiger partial charge in [0, 0.05) is 19.0 Å². The highest BCUT2D eigenvalue weighted by atomic mass is 35.5. The molecule has 0 aromatic heterocycles. The Morgan fingerprint density at radius 2 is 1.92 bits per heavy atom. The lowest BCUT2D eigenvalue weighted by Gasteiger charge is -2.16. The standard InChI is InChI=1S/C16H23F3N2O2.ClH/c1-2-3-4-13(11-20)21-15(22)10-7-12-5-8-14(9-6-12)23-16(17,18)19;/h5-6,8-9,13H,2-4,7,10-11,20H2,1H3,(H,21,22);1H. The summed E-state index contributed by atoms with van der Waals surface area (Å²) < 4.78 is 40.0. The van der Waals surface area contributed by atoms with Gasteiger partial charge in [0.2, 0.25) is 5.91 Å². The normalized spacial score (nSPS) is 12.2. The zero-order chi connectivity index (χ0) is 17.3. The second-order valence-electron chi connectivity index (χ2n) is 5.33. The molecule has 138 valence electrons. The predicted molar refractivity (Wildman–Crippen MR) is 89.2 cm³/mol. The lowest BCUT2D eigenvalue weighted by molar-refractivity contribution is -0.274. The van der Waals surface area contributed by atoms with Gasteiger partial charge in [-0.2, -0.15) is 0 Å². The molecular weight excluding hydrogens is 345 g/mol. The van der Waals surface area contributed by atoms with Crippen molar-refractivity contribution in [1.29, 1.82) is 0 Å². The van der Waals surface area contributed by atoms with E-state index in [0.29, 0.717) is 13.0 Å². The van der Waals surface area contributed by atoms with Gasteiger partial charge in [-0.3, -0.25) is 4.79 Å². The summed E-state index contributed by atoms with van der Waals surface area (Å²) in [6.07, 6.45) is -1.09. The van der Waals surface area contributed by atoms with Crippen LogP contribution in [0.25, 0.3) is 0 Å². The van der Waals surface area contributed by atoms with E-state index in [-0.39, 0.29) is 36.5 Å². The molecule has 1 aromatic carbocycles. The molecule has 0 bridgehead atoms. The topological polar surface area (TPSA) is 64.3 Å². The summed E-state index contributed by atoms with van der Waals surface area (Å²) in [7, 11) is 0. The van der Waals surface area contributed by atoms with E-state index in [0.717, 1.165) is 24.8 Å². The Morgan fingerprint density at radius 3 is 2.42 bits per heavy atom. The molecule has 8 heteroatoms. The van der Waals surface area contributed by atoms with Crippen LogP contribution in [0, 0.1) is 0 Å². The fraction of sp³-hybridized carbons (Fsp3) is 0.562. The van der Waals surface area contributed by atoms with Gasteiger partial charge in [0.15, 0.2) is 0 Å². The van der Waals surface area contributed by atoms with Crippen molar-refractivity contribution in [3.8, 4) is 5.75 Å². The predicted octanol–water partition coefficient (Wildman–Crippen LogP) is 3.57. The molecule has 1 unspecified atom stereocenters. The van der Waals surface area contributed by atoms with E-state index in [1.165, 1.54) is 24.3 Å². The van der Waals surface area contributed by atoms with Gasteiger partial charge in [-0.05, 0) is 30.5 Å². The molecule has 1 aromatic rings. The molecule has 1 atom stereocenters. The Bertz CT molecular complexity index is 481. The molecule has 0 aliphatic rings. The minimum absolute atomic E-state index is 0. The van der Waals surface area contributed by atoms with E-state index in [4.69, 9.17) is 5.73 Å². The molecule has 0 spiro atoms. The van der Waals surface area contributed by atoms with E-state index in [1.807, 2.05) is 0 Å². The van der Waals surface area contributed by atoms with E-state index < -0.39 is 6.36 Å². The van der Waals surface area contributed by atoms with Gasteiger partial charge in [0.1, 0.15) is 5.75 Å². The number of halogens is 4. The number of rotatable bonds is 9. The molecule has 1 amide bonds. The highest BCUT2D eigenvalue weighted by Crippen LogP contribution is 2.22. The summed E-state index contributed by atoms with van der Waals surface area (Å²) in [6.45, 7) is 2.47. The van der Waals surface area contributed by atoms with Crippen LogP contribution >= 0.6 is 12.4 Å². The van der Waals surface area contributed by atoms with Crippen molar-refractivity contribution in [3.63, 3.8) is 0 Å². The molecule has 4 nitrogen and oxygen atoms in total. The van der Waals surface area contributed by atoms with E-state index >= 15 is 0 Å². The number of aryl methyl sites for hydroxylation is 1. The van der Waals surface area contributed by atoms with Crippen LogP contribution in [0.2, 0.25) is 0 Å². The number of amides is 1. The van der Waals surface area contributed by atoms with Gasteiger partial charge >= 0.3 is 6.36 Å². The van der Waals surface area contributed by atoms with Crippen LogP contribution in [0.15, 0.2) is 24.3 Å². The summed E-state index contributed by atoms with van der Waals surface area (Å²) in [6, 6.07) is 5.50. The van der Waals surface area contributed by atoms with Crippen LogP contribution in [0.5, 0.6) is 5.75 Å². The van der Waals surface area contributed by atoms with Crippen molar-refractivity contribution >= 4 is 18.3 Å². The summed E-state index contributed by atoms with van der Waals surface area (Å²) in [5.74, 6) is -0.374. The number of carbonyl (C=O) groups excluding carboxylic acids is 1. The van der Waals surface area contributed by atoms with Crippen LogP contribution in [0.4, 0.5) is 13.2 Å². The van der Waals surface area contributed by atoms with E-state index in [9.17, 15) is 18.0 Å². The minimum Gasteiger partial charge on any atom is -0.406 e. The lowest BCUT2D eigenvalue weighted by Crippen LogP contribution is -2.40. The van der Waals surface area contributed by atoms with Gasteiger partial charge in [-0.25, -0.2) is 0 Å². The number of alkyl halides is 3. The molecule has 3 N–H and O–H groups in total. The maximum absolute atomic E-state index is 12.1. The Balaban J connectivity index is 0.00000529. The van der Waals surface area contributed by atoms with Crippen molar-refractivity contribution in [3.05, 3.63) is 29.8 Å². The number of benzene rings is 1. The van der Waals surface area contributed by atoms with Crippen LogP contribution in [0.1, 0.15) is 38.2 Å². The number of unbranched alkanes of at least 4 members (excludes halogenated alkanes) is 1. The van der Waals surface area contributed by atoms with Crippen LogP contribution in [-0.2, 0) is 11.2 Å². The number of carbonyl (C=O) groups is 1. The van der Waals surface area contributed by atoms with Crippen molar-refractivity contribution in [1.82, 2.24) is 5.32 Å². The maximum Gasteiger partial charge on any atom is 0.573 e. The van der Waals surface area contributed by atoms with Crippen LogP contribution < -0.4 is 15.8 Å². The summed E-state index contributed by atoms with van der Waals surface area (Å²) in [4.78, 5) is 11.9. The molecule has 0 fully saturated rings. The van der Waals surface area contributed by atoms with Gasteiger partial charge in [-0.15, -0.1) is 25.6 Å². The first kappa shape index (κ1) is 22.5. The van der Waals surface area contributed by atoms with Crippen molar-refractivity contribution in [2.75, 3.05) is 6.54 Å². The highest BCUT2D eigenvalue weighted by molar-refractivity contribution is 5.85. The van der Waals surface area contributed by atoms with Gasteiger partial charge in [0.05, 0.1) is 0 Å². The van der Waals surface area contributed by atoms with Crippen molar-refractivity contribution in [2.24, 2.45) is 5.73 Å². The molecule has 1 rings (SSSR count). The van der Waals surface area contributed by atoms with E-state index in [2.05, 4.69) is 17.0 Å². The summed E-state index contributed by atoms with van der Waals surface area (Å²) in [5.41, 5.74) is 6.39. The first-order valence-corrected chi connectivity index (χ1v) is 7.68. The Kier molecular flexibility index (Phi) is 10.5. The fourth-order valence-electron chi connectivity index (χ4n) is 2.11. The summed E-state index contributed by atoms with van der Waals surface area (Å²) in [5, 5.41) is 2.88. The highest BCUT2D eigenvalue weighted by Gasteiger charge is 2.30. The van der Waals surface area contributed by atoms with E-state index in [1.54, 1.807) is 0 Å². The second-order valence-corrected chi connectivity index (χ2v) is 5.33. The number of hydrogen-bond donors (Lipinski definition) is 2. The van der Waals surface area contributed by atoms with Gasteiger partial charge < -0.3 is 15.8 Å². The molecule has 24 heavy (non-hydrogen) atoms. The van der Waals surface area contributed by atoms with Crippen LogP contribution in [0.3, 0.4) is 0 Å². The first-order valence-electron chi connectivity index (χ1n) is 7.68. The third-order valence-corrected chi connectivity index (χ3v) is 3.35. The van der Waals surface area contributed by atoms with Crippen LogP contribution in [-0.4, -0.2) is 24.9 Å². The third kappa shape index (κ3) is 9.62. The zero-order valence-electron chi connectivity index (χ0n) is 13.6. The first-order chi connectivity index (χ1) is 10.8. The molecule has 0 aliphatic carbocycles. The Morgan fingerprint density at radius 1 is 1.29 bits per heavy atom. The SMILES string of the molecule is CCCCC(CN)NC(=O)CCc1ccc(OC(F)(F)F)cc1.Cl. The number of nitrogens with two attached hydrogens (primary N) is 1. The number of hydrogen-bond acceptors (Lipinski definition) is 3. The maximum atomic E-state index is 12.1. The molecule has 0 heterocycles. The summed E-state index contributed by atoms with van der Waals surface area (Å²) >= 11 is 0. The third-order valence-electron chi connectivity index (χ3n) is 3.35. The van der Waals surface area contributed by atoms with Crippen molar-refractivity contribution in [2.45, 2.75) is 51.4 Å². The number of nitrogens with one attached hydrogen (secondary N) is 1. The molecule has 0 saturated heterocycles. The largest absolute Gasteiger partial charge is 0.573 e. The molecular formula is C16H24ClF3N2O2. The quantitative estimate of drug-likeness (QED) is 0.700. The fourth-order valence-corrected chi connectivity index (χ4v) is 2.11. The lowest BCUT2D eigenvalue weighted by atomic mass is 10.1. The minimum atomic E-state index is -4.70. The Hall–Kier alpha value is -1.47.